The smallest absolute Gasteiger partial charge is 0.297 e. The molecule has 0 fully saturated rings. The molecule has 0 bridgehead atoms. The van der Waals surface area contributed by atoms with Gasteiger partial charge in [0.2, 0.25) is 0 Å². The molecule has 0 saturated heterocycles. The Balaban J connectivity index is 1.86. The summed E-state index contributed by atoms with van der Waals surface area (Å²) in [6.45, 7) is 0.0712. The van der Waals surface area contributed by atoms with Crippen LogP contribution in [0.4, 0.5) is 8.78 Å². The third kappa shape index (κ3) is 3.05. The molecule has 0 saturated carbocycles. The molecule has 3 aromatic rings. The van der Waals surface area contributed by atoms with Crippen LogP contribution in [0.25, 0.3) is 11.0 Å². The third-order valence-electron chi connectivity index (χ3n) is 3.39. The van der Waals surface area contributed by atoms with Gasteiger partial charge in [-0.15, -0.1) is 0 Å². The fourth-order valence-electron chi connectivity index (χ4n) is 2.33. The lowest BCUT2D eigenvalue weighted by Gasteiger charge is -2.03. The van der Waals surface area contributed by atoms with E-state index >= 15 is 0 Å². The minimum atomic E-state index is -2.51. The Morgan fingerprint density at radius 2 is 2.00 bits per heavy atom. The standard InChI is InChI=1S/C16H16F2N3O/c1-20-14-7-8-21(9-12-5-3-2-4-6-12)10-13(14)19-16(20)22-11-15(17)18/h2-8,10,15H,9,11H2,1H3/q+1. The highest BCUT2D eigenvalue weighted by molar-refractivity contribution is 5.74. The summed E-state index contributed by atoms with van der Waals surface area (Å²) in [6.07, 6.45) is 1.31. The van der Waals surface area contributed by atoms with Gasteiger partial charge in [-0.2, -0.15) is 9.55 Å². The summed E-state index contributed by atoms with van der Waals surface area (Å²) in [5.41, 5.74) is 2.73. The van der Waals surface area contributed by atoms with Crippen molar-refractivity contribution in [3.05, 3.63) is 54.4 Å². The number of nitrogens with zero attached hydrogens (tertiary/aromatic N) is 3. The SMILES string of the molecule is Cn1c(OCC(F)F)nc2c[n+](Cc3ccccc3)ccc21. The fraction of sp³-hybridized carbons (Fsp3) is 0.250. The summed E-state index contributed by atoms with van der Waals surface area (Å²) in [5.74, 6) is 0. The van der Waals surface area contributed by atoms with E-state index in [0.717, 1.165) is 12.1 Å². The van der Waals surface area contributed by atoms with E-state index in [2.05, 4.69) is 4.98 Å². The molecule has 4 nitrogen and oxygen atoms in total. The van der Waals surface area contributed by atoms with Gasteiger partial charge in [-0.25, -0.2) is 8.78 Å². The number of imidazole rings is 1. The maximum atomic E-state index is 12.2. The van der Waals surface area contributed by atoms with Gasteiger partial charge in [0.25, 0.3) is 12.4 Å². The number of fused-ring (bicyclic) bond motifs is 1. The van der Waals surface area contributed by atoms with Gasteiger partial charge in [0.1, 0.15) is 0 Å². The minimum absolute atomic E-state index is 0.202. The first-order chi connectivity index (χ1) is 10.6. The molecule has 114 valence electrons. The number of hydrogen-bond donors (Lipinski definition) is 0. The van der Waals surface area contributed by atoms with Crippen LogP contribution in [0.15, 0.2) is 48.8 Å². The largest absolute Gasteiger partial charge is 0.459 e. The molecule has 1 aromatic carbocycles. The zero-order valence-electron chi connectivity index (χ0n) is 12.1. The van der Waals surface area contributed by atoms with Gasteiger partial charge in [0.05, 0.1) is 5.52 Å². The molecule has 3 rings (SSSR count). The van der Waals surface area contributed by atoms with E-state index in [9.17, 15) is 8.78 Å². The van der Waals surface area contributed by atoms with E-state index < -0.39 is 13.0 Å². The Bertz CT molecular complexity index is 772. The lowest BCUT2D eigenvalue weighted by molar-refractivity contribution is -0.687. The van der Waals surface area contributed by atoms with E-state index in [-0.39, 0.29) is 6.01 Å². The number of halogens is 2. The van der Waals surface area contributed by atoms with Crippen LogP contribution in [0.5, 0.6) is 6.01 Å². The Labute approximate surface area is 126 Å². The molecular weight excluding hydrogens is 288 g/mol. The van der Waals surface area contributed by atoms with E-state index in [1.165, 1.54) is 5.56 Å². The first-order valence-electron chi connectivity index (χ1n) is 6.94. The first-order valence-corrected chi connectivity index (χ1v) is 6.94. The van der Waals surface area contributed by atoms with Gasteiger partial charge < -0.3 is 4.74 Å². The lowest BCUT2D eigenvalue weighted by Crippen LogP contribution is -2.33. The maximum absolute atomic E-state index is 12.2. The Morgan fingerprint density at radius 3 is 2.73 bits per heavy atom. The number of aromatic nitrogens is 3. The Kier molecular flexibility index (Phi) is 4.00. The zero-order valence-corrected chi connectivity index (χ0v) is 12.1. The summed E-state index contributed by atoms with van der Waals surface area (Å²) >= 11 is 0. The molecule has 0 aliphatic carbocycles. The molecule has 22 heavy (non-hydrogen) atoms. The topological polar surface area (TPSA) is 30.9 Å². The van der Waals surface area contributed by atoms with Crippen LogP contribution in [-0.2, 0) is 13.6 Å². The first kappa shape index (κ1) is 14.4. The average Bonchev–Trinajstić information content (AvgIpc) is 2.82. The predicted molar refractivity (Wildman–Crippen MR) is 78.0 cm³/mol. The van der Waals surface area contributed by atoms with Gasteiger partial charge in [-0.1, -0.05) is 30.3 Å². The van der Waals surface area contributed by atoms with E-state index in [1.54, 1.807) is 11.6 Å². The van der Waals surface area contributed by atoms with Gasteiger partial charge in [0.15, 0.2) is 31.1 Å². The van der Waals surface area contributed by atoms with Crippen molar-refractivity contribution in [2.75, 3.05) is 6.61 Å². The Hall–Kier alpha value is -2.50. The number of hydrogen-bond acceptors (Lipinski definition) is 2. The van der Waals surface area contributed by atoms with Crippen LogP contribution >= 0.6 is 0 Å². The highest BCUT2D eigenvalue weighted by atomic mass is 19.3. The number of ether oxygens (including phenoxy) is 1. The summed E-state index contributed by atoms with van der Waals surface area (Å²) < 4.78 is 33.2. The summed E-state index contributed by atoms with van der Waals surface area (Å²) in [4.78, 5) is 4.27. The molecule has 2 heterocycles. The van der Waals surface area contributed by atoms with E-state index in [1.807, 2.05) is 53.4 Å². The number of alkyl halides is 2. The molecule has 0 aliphatic rings. The molecule has 0 amide bonds. The van der Waals surface area contributed by atoms with Gasteiger partial charge in [-0.3, -0.25) is 4.57 Å². The quantitative estimate of drug-likeness (QED) is 0.678. The van der Waals surface area contributed by atoms with Gasteiger partial charge in [-0.05, 0) is 0 Å². The lowest BCUT2D eigenvalue weighted by atomic mass is 10.2. The van der Waals surface area contributed by atoms with Crippen LogP contribution < -0.4 is 9.30 Å². The second kappa shape index (κ2) is 6.09. The molecule has 0 spiro atoms. The van der Waals surface area contributed by atoms with Gasteiger partial charge in [0, 0.05) is 18.7 Å². The molecular formula is C16H16F2N3O+. The number of rotatable bonds is 5. The maximum Gasteiger partial charge on any atom is 0.297 e. The average molecular weight is 304 g/mol. The van der Waals surface area contributed by atoms with Crippen LogP contribution in [0, 0.1) is 0 Å². The predicted octanol–water partition coefficient (Wildman–Crippen LogP) is 2.55. The molecule has 2 aromatic heterocycles. The molecule has 0 aliphatic heterocycles. The van der Waals surface area contributed by atoms with Gasteiger partial charge >= 0.3 is 0 Å². The molecule has 6 heteroatoms. The van der Waals surface area contributed by atoms with Crippen molar-refractivity contribution < 1.29 is 18.1 Å². The van der Waals surface area contributed by atoms with E-state index in [0.29, 0.717) is 5.52 Å². The van der Waals surface area contributed by atoms with Crippen molar-refractivity contribution in [3.8, 4) is 6.01 Å². The van der Waals surface area contributed by atoms with Crippen molar-refractivity contribution in [3.63, 3.8) is 0 Å². The highest BCUT2D eigenvalue weighted by Gasteiger charge is 2.14. The second-order valence-corrected chi connectivity index (χ2v) is 5.03. The van der Waals surface area contributed by atoms with Crippen molar-refractivity contribution in [2.24, 2.45) is 7.05 Å². The Morgan fingerprint density at radius 1 is 1.23 bits per heavy atom. The van der Waals surface area contributed by atoms with Crippen molar-refractivity contribution in [1.82, 2.24) is 9.55 Å². The van der Waals surface area contributed by atoms with Crippen molar-refractivity contribution in [1.29, 1.82) is 0 Å². The monoisotopic (exact) mass is 304 g/mol. The van der Waals surface area contributed by atoms with Crippen LogP contribution in [0.3, 0.4) is 0 Å². The molecule has 0 radical (unpaired) electrons. The van der Waals surface area contributed by atoms with E-state index in [4.69, 9.17) is 4.74 Å². The number of benzene rings is 1. The van der Waals surface area contributed by atoms with Crippen molar-refractivity contribution >= 4 is 11.0 Å². The van der Waals surface area contributed by atoms with Crippen LogP contribution in [-0.4, -0.2) is 22.6 Å². The normalized spacial score (nSPS) is 11.3. The van der Waals surface area contributed by atoms with Crippen LogP contribution in [0.1, 0.15) is 5.56 Å². The fourth-order valence-corrected chi connectivity index (χ4v) is 2.33. The zero-order chi connectivity index (χ0) is 15.5. The molecule has 0 N–H and O–H groups in total. The highest BCUT2D eigenvalue weighted by Crippen LogP contribution is 2.18. The number of pyridine rings is 1. The summed E-state index contributed by atoms with van der Waals surface area (Å²) in [7, 11) is 1.75. The third-order valence-corrected chi connectivity index (χ3v) is 3.39. The minimum Gasteiger partial charge on any atom is -0.459 e. The summed E-state index contributed by atoms with van der Waals surface area (Å²) in [6, 6.07) is 12.2. The summed E-state index contributed by atoms with van der Waals surface area (Å²) in [5, 5.41) is 0. The molecule has 0 atom stereocenters. The second-order valence-electron chi connectivity index (χ2n) is 5.03. The molecule has 0 unspecified atom stereocenters. The number of aryl methyl sites for hydroxylation is 1. The van der Waals surface area contributed by atoms with Crippen molar-refractivity contribution in [2.45, 2.75) is 13.0 Å². The van der Waals surface area contributed by atoms with Crippen LogP contribution in [0.2, 0.25) is 0 Å².